The van der Waals surface area contributed by atoms with Crippen LogP contribution in [0.2, 0.25) is 0 Å². The second kappa shape index (κ2) is 5.98. The number of aliphatic hydroxyl groups excluding tert-OH is 1. The molecule has 0 radical (unpaired) electrons. The van der Waals surface area contributed by atoms with Gasteiger partial charge in [-0.3, -0.25) is 0 Å². The van der Waals surface area contributed by atoms with Crippen LogP contribution in [0.1, 0.15) is 45.4 Å². The lowest BCUT2D eigenvalue weighted by molar-refractivity contribution is 0.210. The maximum Gasteiger partial charge on any atom is 0.0756 e. The van der Waals surface area contributed by atoms with E-state index in [9.17, 15) is 5.11 Å². The largest absolute Gasteiger partial charge is 0.389 e. The Bertz CT molecular complexity index is 191. The molecule has 1 heteroatoms. The van der Waals surface area contributed by atoms with Gasteiger partial charge in [0, 0.05) is 0 Å². The first-order valence-corrected chi connectivity index (χ1v) is 5.36. The topological polar surface area (TPSA) is 20.2 Å². The van der Waals surface area contributed by atoms with E-state index >= 15 is 0 Å². The lowest BCUT2D eigenvalue weighted by atomic mass is 10.1. The van der Waals surface area contributed by atoms with Gasteiger partial charge in [-0.2, -0.15) is 0 Å². The average Bonchev–Trinajstić information content (AvgIpc) is 2.52. The molecule has 0 aliphatic heterocycles. The summed E-state index contributed by atoms with van der Waals surface area (Å²) < 4.78 is 0. The Morgan fingerprint density at radius 1 is 1.54 bits per heavy atom. The number of unbranched alkanes of at least 4 members (excludes halogenated alkanes) is 2. The van der Waals surface area contributed by atoms with Gasteiger partial charge in [-0.05, 0) is 31.3 Å². The SMILES string of the molecule is CCCC/C=C\CC1=CCC[C@@H]1O. The van der Waals surface area contributed by atoms with Crippen LogP contribution in [0.5, 0.6) is 0 Å². The zero-order chi connectivity index (χ0) is 9.52. The van der Waals surface area contributed by atoms with Crippen molar-refractivity contribution in [1.29, 1.82) is 0 Å². The lowest BCUT2D eigenvalue weighted by Crippen LogP contribution is -2.03. The molecule has 0 aromatic rings. The van der Waals surface area contributed by atoms with Gasteiger partial charge in [-0.1, -0.05) is 38.0 Å². The zero-order valence-corrected chi connectivity index (χ0v) is 8.50. The summed E-state index contributed by atoms with van der Waals surface area (Å²) in [6.45, 7) is 2.21. The molecule has 0 bridgehead atoms. The molecule has 1 atom stereocenters. The van der Waals surface area contributed by atoms with Gasteiger partial charge in [0.05, 0.1) is 6.10 Å². The van der Waals surface area contributed by atoms with Crippen molar-refractivity contribution < 1.29 is 5.11 Å². The average molecular weight is 180 g/mol. The molecule has 0 unspecified atom stereocenters. The molecule has 1 aliphatic carbocycles. The van der Waals surface area contributed by atoms with E-state index in [-0.39, 0.29) is 6.10 Å². The molecule has 1 aliphatic rings. The second-order valence-corrected chi connectivity index (χ2v) is 3.69. The molecule has 0 fully saturated rings. The predicted molar refractivity (Wildman–Crippen MR) is 56.6 cm³/mol. The minimum Gasteiger partial charge on any atom is -0.389 e. The Kier molecular flexibility index (Phi) is 4.84. The van der Waals surface area contributed by atoms with Crippen LogP contribution in [0.3, 0.4) is 0 Å². The van der Waals surface area contributed by atoms with Crippen molar-refractivity contribution in [2.24, 2.45) is 0 Å². The van der Waals surface area contributed by atoms with E-state index in [1.807, 2.05) is 0 Å². The van der Waals surface area contributed by atoms with Crippen molar-refractivity contribution in [2.45, 2.75) is 51.6 Å². The fourth-order valence-electron chi connectivity index (χ4n) is 1.63. The summed E-state index contributed by atoms with van der Waals surface area (Å²) in [5.74, 6) is 0. The number of hydrogen-bond acceptors (Lipinski definition) is 1. The molecule has 74 valence electrons. The normalized spacial score (nSPS) is 22.6. The van der Waals surface area contributed by atoms with Gasteiger partial charge in [-0.25, -0.2) is 0 Å². The van der Waals surface area contributed by atoms with Gasteiger partial charge in [0.1, 0.15) is 0 Å². The van der Waals surface area contributed by atoms with Gasteiger partial charge in [-0.15, -0.1) is 0 Å². The summed E-state index contributed by atoms with van der Waals surface area (Å²) in [7, 11) is 0. The number of hydrogen-bond donors (Lipinski definition) is 1. The van der Waals surface area contributed by atoms with Crippen molar-refractivity contribution in [2.75, 3.05) is 0 Å². The fourth-order valence-corrected chi connectivity index (χ4v) is 1.63. The number of rotatable bonds is 5. The van der Waals surface area contributed by atoms with Gasteiger partial charge < -0.3 is 5.11 Å². The van der Waals surface area contributed by atoms with Crippen LogP contribution < -0.4 is 0 Å². The van der Waals surface area contributed by atoms with E-state index in [2.05, 4.69) is 25.2 Å². The monoisotopic (exact) mass is 180 g/mol. The minimum atomic E-state index is -0.157. The number of aliphatic hydroxyl groups is 1. The first-order chi connectivity index (χ1) is 6.34. The summed E-state index contributed by atoms with van der Waals surface area (Å²) >= 11 is 0. The summed E-state index contributed by atoms with van der Waals surface area (Å²) in [6.07, 6.45) is 13.1. The highest BCUT2D eigenvalue weighted by molar-refractivity contribution is 5.17. The molecule has 1 rings (SSSR count). The van der Waals surface area contributed by atoms with Gasteiger partial charge in [0.2, 0.25) is 0 Å². The lowest BCUT2D eigenvalue weighted by Gasteiger charge is -2.04. The minimum absolute atomic E-state index is 0.157. The first kappa shape index (κ1) is 10.5. The molecule has 0 saturated carbocycles. The maximum atomic E-state index is 9.49. The Labute approximate surface area is 81.2 Å². The second-order valence-electron chi connectivity index (χ2n) is 3.69. The molecule has 1 N–H and O–H groups in total. The van der Waals surface area contributed by atoms with E-state index in [1.54, 1.807) is 0 Å². The highest BCUT2D eigenvalue weighted by Gasteiger charge is 2.13. The van der Waals surface area contributed by atoms with Crippen molar-refractivity contribution in [1.82, 2.24) is 0 Å². The van der Waals surface area contributed by atoms with E-state index in [4.69, 9.17) is 0 Å². The molecular formula is C12H20O. The third-order valence-electron chi connectivity index (χ3n) is 2.52. The summed E-state index contributed by atoms with van der Waals surface area (Å²) in [6, 6.07) is 0. The molecule has 0 aromatic heterocycles. The van der Waals surface area contributed by atoms with Crippen LogP contribution in [-0.4, -0.2) is 11.2 Å². The Balaban J connectivity index is 2.14. The van der Waals surface area contributed by atoms with E-state index in [0.717, 1.165) is 19.3 Å². The van der Waals surface area contributed by atoms with Crippen LogP contribution in [0.15, 0.2) is 23.8 Å². The Morgan fingerprint density at radius 2 is 2.38 bits per heavy atom. The van der Waals surface area contributed by atoms with Crippen LogP contribution in [0, 0.1) is 0 Å². The highest BCUT2D eigenvalue weighted by atomic mass is 16.3. The Morgan fingerprint density at radius 3 is 3.00 bits per heavy atom. The zero-order valence-electron chi connectivity index (χ0n) is 8.50. The predicted octanol–water partition coefficient (Wildman–Crippen LogP) is 3.20. The van der Waals surface area contributed by atoms with E-state index in [1.165, 1.54) is 24.8 Å². The molecule has 0 aromatic carbocycles. The molecule has 1 nitrogen and oxygen atoms in total. The maximum absolute atomic E-state index is 9.49. The highest BCUT2D eigenvalue weighted by Crippen LogP contribution is 2.21. The van der Waals surface area contributed by atoms with Gasteiger partial charge in [0.15, 0.2) is 0 Å². The van der Waals surface area contributed by atoms with Crippen molar-refractivity contribution in [3.8, 4) is 0 Å². The number of allylic oxidation sites excluding steroid dienone is 3. The first-order valence-electron chi connectivity index (χ1n) is 5.36. The van der Waals surface area contributed by atoms with Crippen molar-refractivity contribution >= 4 is 0 Å². The molecular weight excluding hydrogens is 160 g/mol. The summed E-state index contributed by atoms with van der Waals surface area (Å²) in [5.41, 5.74) is 1.22. The molecule has 0 saturated heterocycles. The van der Waals surface area contributed by atoms with Crippen LogP contribution in [0.25, 0.3) is 0 Å². The molecule has 0 spiro atoms. The molecule has 0 amide bonds. The van der Waals surface area contributed by atoms with Crippen molar-refractivity contribution in [3.05, 3.63) is 23.8 Å². The van der Waals surface area contributed by atoms with Crippen LogP contribution in [-0.2, 0) is 0 Å². The van der Waals surface area contributed by atoms with Crippen molar-refractivity contribution in [3.63, 3.8) is 0 Å². The van der Waals surface area contributed by atoms with E-state index in [0.29, 0.717) is 0 Å². The van der Waals surface area contributed by atoms with E-state index < -0.39 is 0 Å². The summed E-state index contributed by atoms with van der Waals surface area (Å²) in [4.78, 5) is 0. The standard InChI is InChI=1S/C12H20O/c1-2-3-4-5-6-8-11-9-7-10-12(11)13/h5-6,9,12-13H,2-4,7-8,10H2,1H3/b6-5-/t12-/m0/s1. The van der Waals surface area contributed by atoms with Crippen LogP contribution in [0.4, 0.5) is 0 Å². The Hall–Kier alpha value is -0.560. The van der Waals surface area contributed by atoms with Gasteiger partial charge >= 0.3 is 0 Å². The third kappa shape index (κ3) is 3.77. The molecule has 0 heterocycles. The van der Waals surface area contributed by atoms with Gasteiger partial charge in [0.25, 0.3) is 0 Å². The fraction of sp³-hybridized carbons (Fsp3) is 0.667. The third-order valence-corrected chi connectivity index (χ3v) is 2.52. The smallest absolute Gasteiger partial charge is 0.0756 e. The quantitative estimate of drug-likeness (QED) is 0.509. The molecule has 13 heavy (non-hydrogen) atoms. The van der Waals surface area contributed by atoms with Crippen LogP contribution >= 0.6 is 0 Å². The summed E-state index contributed by atoms with van der Waals surface area (Å²) in [5, 5.41) is 9.49.